The predicted octanol–water partition coefficient (Wildman–Crippen LogP) is 3.05. The van der Waals surface area contributed by atoms with Gasteiger partial charge in [0.1, 0.15) is 0 Å². The van der Waals surface area contributed by atoms with Gasteiger partial charge >= 0.3 is 0 Å². The molecule has 3 aromatic rings. The Kier molecular flexibility index (Phi) is 10.7. The number of nitrogens with one attached hydrogen (secondary N) is 2. The van der Waals surface area contributed by atoms with E-state index in [1.54, 1.807) is 0 Å². The smallest absolute Gasteiger partial charge is 0.266 e. The number of rotatable bonds is 14. The fraction of sp³-hybridized carbons (Fsp3) is 0.310. The van der Waals surface area contributed by atoms with Crippen molar-refractivity contribution in [1.29, 1.82) is 0 Å². The third-order valence-corrected chi connectivity index (χ3v) is 7.45. The van der Waals surface area contributed by atoms with Gasteiger partial charge in [-0.25, -0.2) is 13.1 Å². The van der Waals surface area contributed by atoms with Crippen molar-refractivity contribution in [3.05, 3.63) is 94.8 Å². The Labute approximate surface area is 228 Å². The summed E-state index contributed by atoms with van der Waals surface area (Å²) >= 11 is 0. The molecule has 2 aromatic carbocycles. The van der Waals surface area contributed by atoms with E-state index in [0.29, 0.717) is 24.9 Å². The van der Waals surface area contributed by atoms with E-state index in [4.69, 9.17) is 0 Å². The highest BCUT2D eigenvalue weighted by Crippen LogP contribution is 2.16. The first-order chi connectivity index (χ1) is 18.7. The zero-order valence-electron chi connectivity index (χ0n) is 21.8. The van der Waals surface area contributed by atoms with Gasteiger partial charge in [-0.05, 0) is 67.5 Å². The first kappa shape index (κ1) is 29.5. The summed E-state index contributed by atoms with van der Waals surface area (Å²) in [6.07, 6.45) is 6.37. The van der Waals surface area contributed by atoms with Crippen LogP contribution >= 0.6 is 0 Å². The Hall–Kier alpha value is -4.05. The monoisotopic (exact) mass is 550 g/mol. The number of carbonyl (C=O) groups is 3. The van der Waals surface area contributed by atoms with Crippen molar-refractivity contribution in [2.45, 2.75) is 56.8 Å². The van der Waals surface area contributed by atoms with Crippen LogP contribution in [-0.4, -0.2) is 37.7 Å². The van der Waals surface area contributed by atoms with Crippen molar-refractivity contribution in [1.82, 2.24) is 15.0 Å². The maximum absolute atomic E-state index is 12.9. The molecule has 0 aliphatic rings. The Morgan fingerprint density at radius 1 is 0.846 bits per heavy atom. The average Bonchev–Trinajstić information content (AvgIpc) is 2.93. The molecular formula is C29H32N3O6S-. The number of pyridine rings is 1. The number of carboxylic acid groups (broad SMARTS) is 1. The lowest BCUT2D eigenvalue weighted by molar-refractivity contribution is -0.255. The molecule has 0 saturated heterocycles. The van der Waals surface area contributed by atoms with E-state index in [9.17, 15) is 27.9 Å². The molecule has 1 aromatic heterocycles. The quantitative estimate of drug-likeness (QED) is 0.293. The normalized spacial score (nSPS) is 11.1. The van der Waals surface area contributed by atoms with Crippen LogP contribution in [0.1, 0.15) is 81.4 Å². The van der Waals surface area contributed by atoms with E-state index in [1.807, 2.05) is 29.8 Å². The summed E-state index contributed by atoms with van der Waals surface area (Å²) < 4.78 is 27.8. The van der Waals surface area contributed by atoms with Crippen LogP contribution in [0.5, 0.6) is 0 Å². The van der Waals surface area contributed by atoms with Crippen LogP contribution in [0.2, 0.25) is 0 Å². The SMILES string of the molecule is CCCCCc1cc(C(=O)NS(=O)(=O)c2cccc(C(=O)NCCCCc3ccccc3)c2)cnc1C(=O)[O-]. The topological polar surface area (TPSA) is 145 Å². The van der Waals surface area contributed by atoms with Crippen LogP contribution in [0.3, 0.4) is 0 Å². The molecule has 0 bridgehead atoms. The van der Waals surface area contributed by atoms with Crippen LogP contribution in [0, 0.1) is 0 Å². The molecule has 0 unspecified atom stereocenters. The van der Waals surface area contributed by atoms with Gasteiger partial charge in [-0.2, -0.15) is 0 Å². The Balaban J connectivity index is 1.62. The largest absolute Gasteiger partial charge is 0.543 e. The Bertz CT molecular complexity index is 1410. The number of carbonyl (C=O) groups excluding carboxylic acids is 3. The van der Waals surface area contributed by atoms with Gasteiger partial charge in [0.25, 0.3) is 21.8 Å². The van der Waals surface area contributed by atoms with E-state index in [2.05, 4.69) is 22.4 Å². The molecule has 9 nitrogen and oxygen atoms in total. The molecule has 0 fully saturated rings. The molecule has 0 aliphatic heterocycles. The molecule has 10 heteroatoms. The summed E-state index contributed by atoms with van der Waals surface area (Å²) in [5, 5.41) is 14.2. The fourth-order valence-corrected chi connectivity index (χ4v) is 5.04. The number of amides is 2. The van der Waals surface area contributed by atoms with Gasteiger partial charge in [0.15, 0.2) is 0 Å². The Morgan fingerprint density at radius 2 is 1.59 bits per heavy atom. The van der Waals surface area contributed by atoms with Crippen molar-refractivity contribution in [2.24, 2.45) is 0 Å². The highest BCUT2D eigenvalue weighted by atomic mass is 32.2. The number of hydrogen-bond acceptors (Lipinski definition) is 7. The average molecular weight is 551 g/mol. The molecule has 206 valence electrons. The summed E-state index contributed by atoms with van der Waals surface area (Å²) in [7, 11) is -4.32. The zero-order valence-corrected chi connectivity index (χ0v) is 22.6. The molecular weight excluding hydrogens is 518 g/mol. The van der Waals surface area contributed by atoms with Crippen molar-refractivity contribution in [2.75, 3.05) is 6.54 Å². The molecule has 1 heterocycles. The second kappa shape index (κ2) is 14.2. The van der Waals surface area contributed by atoms with Gasteiger partial charge < -0.3 is 15.2 Å². The summed E-state index contributed by atoms with van der Waals surface area (Å²) in [6.45, 7) is 2.44. The Morgan fingerprint density at radius 3 is 2.31 bits per heavy atom. The van der Waals surface area contributed by atoms with Gasteiger partial charge in [-0.3, -0.25) is 14.6 Å². The van der Waals surface area contributed by atoms with Crippen LogP contribution in [0.25, 0.3) is 0 Å². The number of aromatic carboxylic acids is 1. The van der Waals surface area contributed by atoms with Crippen LogP contribution in [0.4, 0.5) is 0 Å². The van der Waals surface area contributed by atoms with Crippen molar-refractivity contribution >= 4 is 27.8 Å². The summed E-state index contributed by atoms with van der Waals surface area (Å²) in [5.41, 5.74) is 1.30. The minimum atomic E-state index is -4.32. The molecule has 2 N–H and O–H groups in total. The van der Waals surface area contributed by atoms with Gasteiger partial charge in [0.05, 0.1) is 22.1 Å². The molecule has 0 radical (unpaired) electrons. The first-order valence-electron chi connectivity index (χ1n) is 12.9. The second-order valence-electron chi connectivity index (χ2n) is 9.14. The standard InChI is InChI=1S/C29H33N3O6S/c1-2-3-5-14-22-18-24(20-31-26(22)29(35)36)28(34)32-39(37,38)25-16-10-15-23(19-25)27(33)30-17-9-8-13-21-11-6-4-7-12-21/h4,6-7,10-12,15-16,18-20H,2-3,5,8-9,13-14,17H2,1H3,(H,30,33)(H,32,34)(H,35,36)/p-1. The number of aryl methyl sites for hydroxylation is 2. The molecule has 3 rings (SSSR count). The van der Waals surface area contributed by atoms with Gasteiger partial charge in [0.2, 0.25) is 0 Å². The fourth-order valence-electron chi connectivity index (χ4n) is 4.02. The zero-order chi connectivity index (χ0) is 28.3. The molecule has 2 amide bonds. The lowest BCUT2D eigenvalue weighted by Gasteiger charge is -2.12. The number of hydrogen-bond donors (Lipinski definition) is 2. The summed E-state index contributed by atoms with van der Waals surface area (Å²) in [6, 6.07) is 16.7. The number of unbranched alkanes of at least 4 members (excludes halogenated alkanes) is 3. The highest BCUT2D eigenvalue weighted by molar-refractivity contribution is 7.90. The third-order valence-electron chi connectivity index (χ3n) is 6.13. The molecule has 0 atom stereocenters. The van der Waals surface area contributed by atoms with E-state index in [1.165, 1.54) is 35.9 Å². The number of benzene rings is 2. The maximum Gasteiger partial charge on any atom is 0.266 e. The summed E-state index contributed by atoms with van der Waals surface area (Å²) in [4.78, 5) is 40.3. The van der Waals surface area contributed by atoms with Gasteiger partial charge in [-0.1, -0.05) is 56.2 Å². The van der Waals surface area contributed by atoms with E-state index >= 15 is 0 Å². The first-order valence-corrected chi connectivity index (χ1v) is 14.4. The van der Waals surface area contributed by atoms with Crippen molar-refractivity contribution < 1.29 is 27.9 Å². The van der Waals surface area contributed by atoms with E-state index in [-0.39, 0.29) is 21.7 Å². The van der Waals surface area contributed by atoms with Crippen LogP contribution < -0.4 is 15.1 Å². The van der Waals surface area contributed by atoms with Crippen LogP contribution in [-0.2, 0) is 22.9 Å². The predicted molar refractivity (Wildman–Crippen MR) is 145 cm³/mol. The number of carboxylic acids is 1. The number of sulfonamides is 1. The minimum Gasteiger partial charge on any atom is -0.543 e. The highest BCUT2D eigenvalue weighted by Gasteiger charge is 2.21. The minimum absolute atomic E-state index is 0.0977. The molecule has 0 spiro atoms. The van der Waals surface area contributed by atoms with Gasteiger partial charge in [-0.15, -0.1) is 0 Å². The molecule has 39 heavy (non-hydrogen) atoms. The van der Waals surface area contributed by atoms with Crippen molar-refractivity contribution in [3.63, 3.8) is 0 Å². The molecule has 0 saturated carbocycles. The number of aromatic nitrogens is 1. The maximum atomic E-state index is 12.9. The van der Waals surface area contributed by atoms with Gasteiger partial charge in [0, 0.05) is 18.3 Å². The molecule has 0 aliphatic carbocycles. The lowest BCUT2D eigenvalue weighted by atomic mass is 10.0. The van der Waals surface area contributed by atoms with E-state index < -0.39 is 27.8 Å². The van der Waals surface area contributed by atoms with E-state index in [0.717, 1.165) is 38.3 Å². The second-order valence-corrected chi connectivity index (χ2v) is 10.8. The van der Waals surface area contributed by atoms with Crippen molar-refractivity contribution in [3.8, 4) is 0 Å². The number of nitrogens with zero attached hydrogens (tertiary/aromatic N) is 1. The van der Waals surface area contributed by atoms with Crippen LogP contribution in [0.15, 0.2) is 71.8 Å². The lowest BCUT2D eigenvalue weighted by Crippen LogP contribution is -2.32. The third kappa shape index (κ3) is 8.75. The summed E-state index contributed by atoms with van der Waals surface area (Å²) in [5.74, 6) is -2.85.